The molecule has 0 spiro atoms. The molecule has 0 fully saturated rings. The molecule has 58 valence electrons. The van der Waals surface area contributed by atoms with E-state index in [9.17, 15) is 0 Å². The van der Waals surface area contributed by atoms with E-state index >= 15 is 0 Å². The highest BCUT2D eigenvalue weighted by Gasteiger charge is 1.97. The first-order chi connectivity index (χ1) is 5.27. The van der Waals surface area contributed by atoms with Crippen molar-refractivity contribution in [3.05, 3.63) is 23.8 Å². The summed E-state index contributed by atoms with van der Waals surface area (Å²) in [6.07, 6.45) is 0. The van der Waals surface area contributed by atoms with Gasteiger partial charge in [0.25, 0.3) is 0 Å². The fraction of sp³-hybridized carbons (Fsp3) is 0.333. The molecule has 0 bridgehead atoms. The average Bonchev–Trinajstić information content (AvgIpc) is 2.04. The van der Waals surface area contributed by atoms with Crippen LogP contribution in [0.5, 0.6) is 5.75 Å². The number of hydrogen-bond acceptors (Lipinski definition) is 1. The molecule has 0 saturated heterocycles. The van der Waals surface area contributed by atoms with Gasteiger partial charge >= 0.3 is 0 Å². The molecule has 0 aliphatic heterocycles. The lowest BCUT2D eigenvalue weighted by Crippen LogP contribution is -2.13. The van der Waals surface area contributed by atoms with Crippen LogP contribution >= 0.6 is 0 Å². The van der Waals surface area contributed by atoms with E-state index < -0.39 is 0 Å². The zero-order chi connectivity index (χ0) is 8.27. The van der Waals surface area contributed by atoms with Crippen LogP contribution in [0.2, 0.25) is 6.82 Å². The van der Waals surface area contributed by atoms with Gasteiger partial charge in [-0.3, -0.25) is 0 Å². The Morgan fingerprint density at radius 2 is 2.09 bits per heavy atom. The van der Waals surface area contributed by atoms with Crippen molar-refractivity contribution in [3.63, 3.8) is 0 Å². The third kappa shape index (κ3) is 1.76. The number of aryl methyl sites for hydroxylation is 1. The van der Waals surface area contributed by atoms with Crippen molar-refractivity contribution in [2.75, 3.05) is 7.11 Å². The average molecular weight is 148 g/mol. The van der Waals surface area contributed by atoms with Crippen molar-refractivity contribution in [3.8, 4) is 5.75 Å². The minimum Gasteiger partial charge on any atom is -0.497 e. The summed E-state index contributed by atoms with van der Waals surface area (Å²) in [5.41, 5.74) is 2.71. The zero-order valence-electron chi connectivity index (χ0n) is 7.35. The van der Waals surface area contributed by atoms with Gasteiger partial charge in [-0.25, -0.2) is 0 Å². The lowest BCUT2D eigenvalue weighted by Gasteiger charge is -2.04. The van der Waals surface area contributed by atoms with Gasteiger partial charge in [0.15, 0.2) is 7.28 Å². The summed E-state index contributed by atoms with van der Waals surface area (Å²) in [6.45, 7) is 4.27. The first-order valence-electron chi connectivity index (χ1n) is 3.91. The second-order valence-electron chi connectivity index (χ2n) is 2.65. The molecule has 1 aromatic carbocycles. The van der Waals surface area contributed by atoms with Crippen LogP contribution in [0.3, 0.4) is 0 Å². The lowest BCUT2D eigenvalue weighted by molar-refractivity contribution is 0.414. The van der Waals surface area contributed by atoms with Gasteiger partial charge in [-0.2, -0.15) is 0 Å². The predicted octanol–water partition coefficient (Wildman–Crippen LogP) is 1.11. The summed E-state index contributed by atoms with van der Waals surface area (Å²) >= 11 is 0. The van der Waals surface area contributed by atoms with Crippen LogP contribution in [-0.2, 0) is 0 Å². The monoisotopic (exact) mass is 148 g/mol. The smallest absolute Gasteiger partial charge is 0.154 e. The molecule has 11 heavy (non-hydrogen) atoms. The predicted molar refractivity (Wildman–Crippen MR) is 50.4 cm³/mol. The maximum absolute atomic E-state index is 5.09. The summed E-state index contributed by atoms with van der Waals surface area (Å²) in [4.78, 5) is 0. The second-order valence-corrected chi connectivity index (χ2v) is 2.65. The molecule has 1 nitrogen and oxygen atoms in total. The molecule has 2 heteroatoms. The van der Waals surface area contributed by atoms with Crippen molar-refractivity contribution in [1.82, 2.24) is 0 Å². The summed E-state index contributed by atoms with van der Waals surface area (Å²) < 4.78 is 5.09. The van der Waals surface area contributed by atoms with Crippen LogP contribution in [0.1, 0.15) is 5.56 Å². The van der Waals surface area contributed by atoms with Crippen LogP contribution < -0.4 is 10.2 Å². The fourth-order valence-corrected chi connectivity index (χ4v) is 1.19. The third-order valence-corrected chi connectivity index (χ3v) is 1.93. The number of rotatable bonds is 2. The Morgan fingerprint density at radius 3 is 2.55 bits per heavy atom. The van der Waals surface area contributed by atoms with Gasteiger partial charge in [-0.05, 0) is 19.1 Å². The van der Waals surface area contributed by atoms with Crippen LogP contribution in [0.4, 0.5) is 0 Å². The van der Waals surface area contributed by atoms with Crippen LogP contribution in [0, 0.1) is 6.92 Å². The third-order valence-electron chi connectivity index (χ3n) is 1.93. The van der Waals surface area contributed by atoms with Crippen molar-refractivity contribution < 1.29 is 4.74 Å². The maximum Gasteiger partial charge on any atom is 0.154 e. The van der Waals surface area contributed by atoms with E-state index in [0.717, 1.165) is 13.0 Å². The number of ether oxygens (including phenoxy) is 1. The highest BCUT2D eigenvalue weighted by Crippen LogP contribution is 2.09. The molecule has 1 rings (SSSR count). The molecular weight excluding hydrogens is 135 g/mol. The first-order valence-corrected chi connectivity index (χ1v) is 3.91. The molecule has 0 aliphatic rings. The largest absolute Gasteiger partial charge is 0.497 e. The highest BCUT2D eigenvalue weighted by atomic mass is 16.5. The summed E-state index contributed by atoms with van der Waals surface area (Å²) in [5, 5.41) is 0. The standard InChI is InChI=1S/C9H13BO/c1-7-6-8(11-3)4-5-9(7)10-2/h4-6,10H,1-3H3. The zero-order valence-corrected chi connectivity index (χ0v) is 7.35. The lowest BCUT2D eigenvalue weighted by atomic mass is 9.71. The normalized spacial score (nSPS) is 9.36. The molecule has 0 atom stereocenters. The topological polar surface area (TPSA) is 9.23 Å². The van der Waals surface area contributed by atoms with Gasteiger partial charge < -0.3 is 4.74 Å². The Balaban J connectivity index is 2.99. The van der Waals surface area contributed by atoms with E-state index in [1.54, 1.807) is 7.11 Å². The van der Waals surface area contributed by atoms with E-state index in [1.807, 2.05) is 6.07 Å². The molecule has 0 aliphatic carbocycles. The van der Waals surface area contributed by atoms with Gasteiger partial charge in [-0.1, -0.05) is 23.9 Å². The van der Waals surface area contributed by atoms with E-state index in [-0.39, 0.29) is 0 Å². The molecule has 0 amide bonds. The molecule has 0 N–H and O–H groups in total. The molecule has 0 heterocycles. The Hall–Kier alpha value is -0.915. The van der Waals surface area contributed by atoms with Crippen LogP contribution in [0.25, 0.3) is 0 Å². The van der Waals surface area contributed by atoms with E-state index in [1.165, 1.54) is 11.0 Å². The Bertz CT molecular complexity index is 245. The summed E-state index contributed by atoms with van der Waals surface area (Å²) in [5.74, 6) is 0.944. The molecule has 0 radical (unpaired) electrons. The summed E-state index contributed by atoms with van der Waals surface area (Å²) in [7, 11) is 2.79. The maximum atomic E-state index is 5.09. The van der Waals surface area contributed by atoms with Crippen molar-refractivity contribution in [2.24, 2.45) is 0 Å². The Kier molecular flexibility index (Phi) is 2.58. The van der Waals surface area contributed by atoms with Crippen LogP contribution in [0.15, 0.2) is 18.2 Å². The number of methoxy groups -OCH3 is 1. The molecule has 1 aromatic rings. The minimum absolute atomic E-state index is 0.944. The molecule has 0 aromatic heterocycles. The first kappa shape index (κ1) is 8.18. The highest BCUT2D eigenvalue weighted by molar-refractivity contribution is 6.52. The van der Waals surface area contributed by atoms with E-state index in [2.05, 4.69) is 25.9 Å². The second kappa shape index (κ2) is 3.47. The van der Waals surface area contributed by atoms with Crippen molar-refractivity contribution in [2.45, 2.75) is 13.7 Å². The Morgan fingerprint density at radius 1 is 1.36 bits per heavy atom. The molecule has 0 saturated carbocycles. The van der Waals surface area contributed by atoms with E-state index in [4.69, 9.17) is 4.74 Å². The minimum atomic E-state index is 0.944. The SMILES string of the molecule is CBc1ccc(OC)cc1C. The Labute approximate surface area is 68.6 Å². The quantitative estimate of drug-likeness (QED) is 0.571. The fourth-order valence-electron chi connectivity index (χ4n) is 1.19. The van der Waals surface area contributed by atoms with Gasteiger partial charge in [0.1, 0.15) is 5.75 Å². The number of hydrogen-bond donors (Lipinski definition) is 0. The molecular formula is C9H13BO. The van der Waals surface area contributed by atoms with Gasteiger partial charge in [-0.15, -0.1) is 0 Å². The summed E-state index contributed by atoms with van der Waals surface area (Å²) in [6, 6.07) is 6.19. The van der Waals surface area contributed by atoms with Crippen LogP contribution in [-0.4, -0.2) is 14.4 Å². The number of benzene rings is 1. The van der Waals surface area contributed by atoms with Gasteiger partial charge in [0.05, 0.1) is 7.11 Å². The van der Waals surface area contributed by atoms with Crippen molar-refractivity contribution in [1.29, 1.82) is 0 Å². The van der Waals surface area contributed by atoms with Crippen molar-refractivity contribution >= 4 is 12.7 Å². The van der Waals surface area contributed by atoms with Gasteiger partial charge in [0.2, 0.25) is 0 Å². The van der Waals surface area contributed by atoms with Gasteiger partial charge in [0, 0.05) is 0 Å². The van der Waals surface area contributed by atoms with E-state index in [0.29, 0.717) is 0 Å². The molecule has 0 unspecified atom stereocenters.